The zero-order valence-corrected chi connectivity index (χ0v) is 22.0. The zero-order chi connectivity index (χ0) is 30.7. The number of alkyl halides is 6. The summed E-state index contributed by atoms with van der Waals surface area (Å²) >= 11 is 0. The van der Waals surface area contributed by atoms with Crippen LogP contribution in [0.2, 0.25) is 0 Å². The molecule has 4 rings (SSSR count). The van der Waals surface area contributed by atoms with Crippen LogP contribution in [-0.4, -0.2) is 46.3 Å². The zero-order valence-electron chi connectivity index (χ0n) is 22.0. The molecule has 0 aliphatic rings. The molecule has 0 aliphatic heterocycles. The number of ether oxygens (including phenoxy) is 1. The highest BCUT2D eigenvalue weighted by Gasteiger charge is 2.31. The van der Waals surface area contributed by atoms with E-state index in [0.717, 1.165) is 41.3 Å². The summed E-state index contributed by atoms with van der Waals surface area (Å²) in [5, 5.41) is 0.230. The first-order valence-electron chi connectivity index (χ1n) is 12.6. The van der Waals surface area contributed by atoms with Gasteiger partial charge in [0.2, 0.25) is 5.91 Å². The molecule has 0 radical (unpaired) electrons. The highest BCUT2D eigenvalue weighted by molar-refractivity contribution is 5.80. The molecule has 1 heterocycles. The Labute approximate surface area is 235 Å². The van der Waals surface area contributed by atoms with Crippen LogP contribution in [0, 0.1) is 5.82 Å². The lowest BCUT2D eigenvalue weighted by Gasteiger charge is -2.31. The molecular formula is C29H24F7N3O3. The highest BCUT2D eigenvalue weighted by atomic mass is 19.4. The van der Waals surface area contributed by atoms with E-state index in [2.05, 4.69) is 4.98 Å². The fourth-order valence-electron chi connectivity index (χ4n) is 4.38. The molecular weight excluding hydrogens is 571 g/mol. The third-order valence-corrected chi connectivity index (χ3v) is 6.43. The van der Waals surface area contributed by atoms with Gasteiger partial charge in [0.25, 0.3) is 5.56 Å². The van der Waals surface area contributed by atoms with Crippen LogP contribution in [0.25, 0.3) is 16.6 Å². The number of carbonyl (C=O) groups is 1. The minimum Gasteiger partial charge on any atom is -0.370 e. The SMILES string of the molecule is CC(c1nc2ccccc2c(=O)n1-c1ccc(F)cc1)N(CCOCC(F)(F)F)C(=O)Cc1ccc(C(F)(F)F)cc1. The van der Waals surface area contributed by atoms with Crippen molar-refractivity contribution in [1.82, 2.24) is 14.5 Å². The summed E-state index contributed by atoms with van der Waals surface area (Å²) in [5.74, 6) is -1.20. The molecule has 0 aliphatic carbocycles. The third-order valence-electron chi connectivity index (χ3n) is 6.43. The van der Waals surface area contributed by atoms with E-state index in [1.165, 1.54) is 29.7 Å². The molecule has 42 heavy (non-hydrogen) atoms. The van der Waals surface area contributed by atoms with Gasteiger partial charge in [-0.05, 0) is 61.0 Å². The Bertz CT molecular complexity index is 1600. The number of carbonyl (C=O) groups excluding carboxylic acids is 1. The second-order valence-corrected chi connectivity index (χ2v) is 9.41. The largest absolute Gasteiger partial charge is 0.416 e. The molecule has 0 spiro atoms. The Hall–Kier alpha value is -4.26. The van der Waals surface area contributed by atoms with Crippen molar-refractivity contribution in [2.45, 2.75) is 31.7 Å². The van der Waals surface area contributed by atoms with E-state index in [9.17, 15) is 40.3 Å². The number of halogens is 7. The quantitative estimate of drug-likeness (QED) is 0.170. The van der Waals surface area contributed by atoms with Crippen molar-refractivity contribution in [2.24, 2.45) is 0 Å². The molecule has 3 aromatic carbocycles. The molecule has 0 N–H and O–H groups in total. The van der Waals surface area contributed by atoms with Crippen LogP contribution >= 0.6 is 0 Å². The molecule has 4 aromatic rings. The maximum absolute atomic E-state index is 13.7. The average molecular weight is 596 g/mol. The highest BCUT2D eigenvalue weighted by Crippen LogP contribution is 2.30. The van der Waals surface area contributed by atoms with E-state index in [1.54, 1.807) is 18.2 Å². The number of aromatic nitrogens is 2. The molecule has 1 amide bonds. The van der Waals surface area contributed by atoms with Gasteiger partial charge in [-0.15, -0.1) is 0 Å². The number of para-hydroxylation sites is 1. The molecule has 1 atom stereocenters. The van der Waals surface area contributed by atoms with Crippen molar-refractivity contribution in [3.63, 3.8) is 0 Å². The van der Waals surface area contributed by atoms with E-state index in [0.29, 0.717) is 0 Å². The fraction of sp³-hybridized carbons (Fsp3) is 0.276. The van der Waals surface area contributed by atoms with E-state index in [1.807, 2.05) is 0 Å². The Morgan fingerprint density at radius 1 is 0.952 bits per heavy atom. The monoisotopic (exact) mass is 595 g/mol. The van der Waals surface area contributed by atoms with Crippen LogP contribution in [0.1, 0.15) is 29.9 Å². The molecule has 0 bridgehead atoms. The summed E-state index contributed by atoms with van der Waals surface area (Å²) < 4.78 is 96.5. The van der Waals surface area contributed by atoms with Crippen molar-refractivity contribution in [3.8, 4) is 5.69 Å². The van der Waals surface area contributed by atoms with Gasteiger partial charge < -0.3 is 9.64 Å². The fourth-order valence-corrected chi connectivity index (χ4v) is 4.38. The van der Waals surface area contributed by atoms with E-state index >= 15 is 0 Å². The van der Waals surface area contributed by atoms with Gasteiger partial charge in [-0.25, -0.2) is 9.37 Å². The molecule has 13 heteroatoms. The number of nitrogens with zero attached hydrogens (tertiary/aromatic N) is 3. The number of rotatable bonds is 9. The van der Waals surface area contributed by atoms with Gasteiger partial charge in [0.15, 0.2) is 0 Å². The summed E-state index contributed by atoms with van der Waals surface area (Å²) in [6.07, 6.45) is -9.58. The average Bonchev–Trinajstić information content (AvgIpc) is 2.92. The van der Waals surface area contributed by atoms with Gasteiger partial charge in [-0.2, -0.15) is 26.3 Å². The molecule has 6 nitrogen and oxygen atoms in total. The minimum absolute atomic E-state index is 0.0295. The van der Waals surface area contributed by atoms with Gasteiger partial charge in [-0.3, -0.25) is 14.2 Å². The van der Waals surface area contributed by atoms with Gasteiger partial charge >= 0.3 is 12.4 Å². The molecule has 0 saturated carbocycles. The lowest BCUT2D eigenvalue weighted by molar-refractivity contribution is -0.175. The number of fused-ring (bicyclic) bond motifs is 1. The molecule has 1 unspecified atom stereocenters. The maximum Gasteiger partial charge on any atom is 0.416 e. The van der Waals surface area contributed by atoms with Gasteiger partial charge in [0, 0.05) is 6.54 Å². The first-order chi connectivity index (χ1) is 19.7. The summed E-state index contributed by atoms with van der Waals surface area (Å²) in [7, 11) is 0. The Kier molecular flexibility index (Phi) is 9.00. The summed E-state index contributed by atoms with van der Waals surface area (Å²) in [5.41, 5.74) is -0.703. The Morgan fingerprint density at radius 3 is 2.21 bits per heavy atom. The summed E-state index contributed by atoms with van der Waals surface area (Å²) in [6, 6.07) is 14.2. The second kappa shape index (κ2) is 12.3. The van der Waals surface area contributed by atoms with E-state index in [-0.39, 0.29) is 34.5 Å². The van der Waals surface area contributed by atoms with Gasteiger partial charge in [-0.1, -0.05) is 24.3 Å². The van der Waals surface area contributed by atoms with Gasteiger partial charge in [0.05, 0.1) is 41.2 Å². The normalized spacial score (nSPS) is 12.9. The third kappa shape index (κ3) is 7.32. The summed E-state index contributed by atoms with van der Waals surface area (Å²) in [6.45, 7) is -0.943. The number of hydrogen-bond acceptors (Lipinski definition) is 4. The summed E-state index contributed by atoms with van der Waals surface area (Å²) in [4.78, 5) is 32.8. The van der Waals surface area contributed by atoms with Crippen LogP contribution in [0.4, 0.5) is 30.7 Å². The second-order valence-electron chi connectivity index (χ2n) is 9.41. The Balaban J connectivity index is 1.74. The molecule has 0 fully saturated rings. The standard InChI is InChI=1S/C29H24F7N3O3/c1-18(26-37-24-5-3-2-4-23(24)27(41)39(26)22-12-10-21(30)11-13-22)38(14-15-42-17-28(31,32)33)25(40)16-19-6-8-20(9-7-19)29(34,35)36/h2-13,18H,14-17H2,1H3. The van der Waals surface area contributed by atoms with E-state index < -0.39 is 60.9 Å². The Morgan fingerprint density at radius 2 is 1.60 bits per heavy atom. The predicted molar refractivity (Wildman–Crippen MR) is 139 cm³/mol. The smallest absolute Gasteiger partial charge is 0.370 e. The van der Waals surface area contributed by atoms with Crippen molar-refractivity contribution in [2.75, 3.05) is 19.8 Å². The van der Waals surface area contributed by atoms with Gasteiger partial charge in [0.1, 0.15) is 18.2 Å². The van der Waals surface area contributed by atoms with Crippen LogP contribution in [0.5, 0.6) is 0 Å². The van der Waals surface area contributed by atoms with Crippen LogP contribution in [-0.2, 0) is 22.1 Å². The number of hydrogen-bond donors (Lipinski definition) is 0. The van der Waals surface area contributed by atoms with E-state index in [4.69, 9.17) is 4.74 Å². The minimum atomic E-state index is -4.61. The van der Waals surface area contributed by atoms with Crippen molar-refractivity contribution < 1.29 is 40.3 Å². The molecule has 0 saturated heterocycles. The lowest BCUT2D eigenvalue weighted by atomic mass is 10.1. The lowest BCUT2D eigenvalue weighted by Crippen LogP contribution is -2.40. The van der Waals surface area contributed by atoms with Crippen LogP contribution < -0.4 is 5.56 Å². The van der Waals surface area contributed by atoms with Crippen molar-refractivity contribution >= 4 is 16.8 Å². The first kappa shape index (κ1) is 30.7. The molecule has 222 valence electrons. The molecule has 1 aromatic heterocycles. The van der Waals surface area contributed by atoms with Crippen molar-refractivity contribution in [1.29, 1.82) is 0 Å². The number of benzene rings is 3. The first-order valence-corrected chi connectivity index (χ1v) is 12.6. The number of amides is 1. The predicted octanol–water partition coefficient (Wildman–Crippen LogP) is 6.25. The maximum atomic E-state index is 13.7. The van der Waals surface area contributed by atoms with Crippen LogP contribution in [0.3, 0.4) is 0 Å². The van der Waals surface area contributed by atoms with Crippen LogP contribution in [0.15, 0.2) is 77.6 Å². The topological polar surface area (TPSA) is 64.4 Å². The van der Waals surface area contributed by atoms with Crippen molar-refractivity contribution in [3.05, 3.63) is 106 Å².